The first kappa shape index (κ1) is 27.4. The summed E-state index contributed by atoms with van der Waals surface area (Å²) in [6, 6.07) is 34.0. The van der Waals surface area contributed by atoms with Crippen LogP contribution < -0.4 is 13.9 Å². The predicted molar refractivity (Wildman–Crippen MR) is 151 cm³/mol. The zero-order valence-electron chi connectivity index (χ0n) is 21.8. The lowest BCUT2D eigenvalue weighted by Crippen LogP contribution is -3.10. The van der Waals surface area contributed by atoms with Crippen LogP contribution >= 0.6 is 0 Å². The number of methoxy groups -OCH3 is 1. The molecule has 0 saturated heterocycles. The molecule has 0 aromatic heterocycles. The Hall–Kier alpha value is -3.65. The maximum absolute atomic E-state index is 13.9. The normalized spacial score (nSPS) is 12.3. The van der Waals surface area contributed by atoms with Gasteiger partial charge in [0.2, 0.25) is 0 Å². The number of benzene rings is 4. The van der Waals surface area contributed by atoms with E-state index in [1.54, 1.807) is 48.5 Å². The number of ether oxygens (including phenoxy) is 1. The number of hydrogen-bond donors (Lipinski definition) is 2. The summed E-state index contributed by atoms with van der Waals surface area (Å²) in [7, 11) is -2.46. The van der Waals surface area contributed by atoms with Gasteiger partial charge in [-0.05, 0) is 31.2 Å². The van der Waals surface area contributed by atoms with E-state index in [9.17, 15) is 13.5 Å². The zero-order chi connectivity index (χ0) is 27.0. The number of rotatable bonds is 12. The van der Waals surface area contributed by atoms with Gasteiger partial charge in [-0.2, -0.15) is 0 Å². The molecule has 1 unspecified atom stereocenters. The summed E-state index contributed by atoms with van der Waals surface area (Å²) in [5.41, 5.74) is 3.66. The molecule has 0 radical (unpaired) electrons. The van der Waals surface area contributed by atoms with E-state index in [1.165, 1.54) is 11.4 Å². The second kappa shape index (κ2) is 12.7. The van der Waals surface area contributed by atoms with Crippen molar-refractivity contribution in [1.82, 2.24) is 0 Å². The third-order valence-electron chi connectivity index (χ3n) is 6.46. The Labute approximate surface area is 225 Å². The standard InChI is InChI=1S/C31H34N2O4S/c1-25-17-19-29(20-18-25)38(35,36)33(30-15-9-10-16-31(30)37-2)24-28(34)23-32(21-26-11-5-3-6-12-26)22-27-13-7-4-8-14-27/h3-20,28,34H,21-24H2,1-2H3/p+1. The summed E-state index contributed by atoms with van der Waals surface area (Å²) >= 11 is 0. The minimum atomic E-state index is -3.97. The summed E-state index contributed by atoms with van der Waals surface area (Å²) in [5.74, 6) is 0.424. The van der Waals surface area contributed by atoms with Crippen molar-refractivity contribution in [2.45, 2.75) is 31.0 Å². The molecule has 4 rings (SSSR count). The quantitative estimate of drug-likeness (QED) is 0.291. The highest BCUT2D eigenvalue weighted by Gasteiger charge is 2.30. The second-order valence-corrected chi connectivity index (χ2v) is 11.3. The number of aryl methyl sites for hydroxylation is 1. The van der Waals surface area contributed by atoms with Crippen LogP contribution in [0.3, 0.4) is 0 Å². The molecule has 0 fully saturated rings. The number of hydrogen-bond acceptors (Lipinski definition) is 4. The molecule has 0 aliphatic heterocycles. The Balaban J connectivity index is 1.63. The lowest BCUT2D eigenvalue weighted by Gasteiger charge is -2.29. The van der Waals surface area contributed by atoms with E-state index < -0.39 is 16.1 Å². The van der Waals surface area contributed by atoms with Crippen molar-refractivity contribution < 1.29 is 23.2 Å². The van der Waals surface area contributed by atoms with E-state index in [4.69, 9.17) is 4.74 Å². The molecule has 0 amide bonds. The summed E-state index contributed by atoms with van der Waals surface area (Å²) < 4.78 is 34.5. The van der Waals surface area contributed by atoms with Crippen LogP contribution in [-0.2, 0) is 23.1 Å². The first-order valence-electron chi connectivity index (χ1n) is 12.7. The first-order valence-corrected chi connectivity index (χ1v) is 14.1. The lowest BCUT2D eigenvalue weighted by atomic mass is 10.1. The third kappa shape index (κ3) is 7.01. The van der Waals surface area contributed by atoms with Gasteiger partial charge in [0.15, 0.2) is 0 Å². The fourth-order valence-electron chi connectivity index (χ4n) is 4.56. The summed E-state index contributed by atoms with van der Waals surface area (Å²) in [4.78, 5) is 1.29. The fraction of sp³-hybridized carbons (Fsp3) is 0.226. The first-order chi connectivity index (χ1) is 18.4. The van der Waals surface area contributed by atoms with Crippen molar-refractivity contribution >= 4 is 15.7 Å². The van der Waals surface area contributed by atoms with E-state index in [0.29, 0.717) is 31.1 Å². The molecule has 0 bridgehead atoms. The molecule has 0 heterocycles. The Kier molecular flexibility index (Phi) is 9.18. The average Bonchev–Trinajstić information content (AvgIpc) is 2.93. The molecule has 0 saturated carbocycles. The van der Waals surface area contributed by atoms with Crippen molar-refractivity contribution in [2.24, 2.45) is 0 Å². The van der Waals surface area contributed by atoms with Gasteiger partial charge >= 0.3 is 0 Å². The summed E-state index contributed by atoms with van der Waals surface area (Å²) in [6.07, 6.45) is -0.928. The monoisotopic (exact) mass is 531 g/mol. The topological polar surface area (TPSA) is 71.3 Å². The number of nitrogens with one attached hydrogen (secondary N) is 1. The Morgan fingerprint density at radius 3 is 1.87 bits per heavy atom. The third-order valence-corrected chi connectivity index (χ3v) is 8.25. The number of aliphatic hydroxyl groups excluding tert-OH is 1. The van der Waals surface area contributed by atoms with Crippen LogP contribution in [0.2, 0.25) is 0 Å². The highest BCUT2D eigenvalue weighted by Crippen LogP contribution is 2.32. The SMILES string of the molecule is COc1ccccc1N(CC(O)C[NH+](Cc1ccccc1)Cc1ccccc1)S(=O)(=O)c1ccc(C)cc1. The van der Waals surface area contributed by atoms with Crippen LogP contribution in [0, 0.1) is 6.92 Å². The van der Waals surface area contributed by atoms with Gasteiger partial charge in [-0.25, -0.2) is 8.42 Å². The van der Waals surface area contributed by atoms with Crippen molar-refractivity contribution in [3.63, 3.8) is 0 Å². The van der Waals surface area contributed by atoms with Crippen molar-refractivity contribution in [3.05, 3.63) is 126 Å². The lowest BCUT2D eigenvalue weighted by molar-refractivity contribution is -0.930. The van der Waals surface area contributed by atoms with Gasteiger partial charge in [0.25, 0.3) is 10.0 Å². The minimum absolute atomic E-state index is 0.107. The van der Waals surface area contributed by atoms with Gasteiger partial charge in [0, 0.05) is 11.1 Å². The maximum Gasteiger partial charge on any atom is 0.264 e. The van der Waals surface area contributed by atoms with Crippen molar-refractivity contribution in [3.8, 4) is 5.75 Å². The predicted octanol–water partition coefficient (Wildman–Crippen LogP) is 3.85. The molecule has 38 heavy (non-hydrogen) atoms. The second-order valence-electron chi connectivity index (χ2n) is 9.45. The maximum atomic E-state index is 13.9. The van der Waals surface area contributed by atoms with E-state index in [-0.39, 0.29) is 11.4 Å². The molecule has 1 atom stereocenters. The van der Waals surface area contributed by atoms with Gasteiger partial charge in [0.1, 0.15) is 31.5 Å². The molecule has 0 aliphatic rings. The summed E-state index contributed by atoms with van der Waals surface area (Å²) in [6.45, 7) is 3.57. The van der Waals surface area contributed by atoms with Crippen molar-refractivity contribution in [1.29, 1.82) is 0 Å². The van der Waals surface area contributed by atoms with E-state index in [1.807, 2.05) is 43.3 Å². The molecule has 0 aliphatic carbocycles. The smallest absolute Gasteiger partial charge is 0.264 e. The highest BCUT2D eigenvalue weighted by molar-refractivity contribution is 7.92. The van der Waals surface area contributed by atoms with Gasteiger partial charge in [0.05, 0.1) is 24.2 Å². The molecule has 4 aromatic carbocycles. The molecule has 0 spiro atoms. The van der Waals surface area contributed by atoms with Crippen LogP contribution in [0.25, 0.3) is 0 Å². The van der Waals surface area contributed by atoms with E-state index in [0.717, 1.165) is 21.6 Å². The van der Waals surface area contributed by atoms with Gasteiger partial charge in [-0.15, -0.1) is 0 Å². The summed E-state index contributed by atoms with van der Waals surface area (Å²) in [5, 5.41) is 11.4. The van der Waals surface area contributed by atoms with Crippen LogP contribution in [0.1, 0.15) is 16.7 Å². The van der Waals surface area contributed by atoms with Gasteiger partial charge in [-0.1, -0.05) is 90.5 Å². The minimum Gasteiger partial charge on any atom is -0.495 e. The molecule has 2 N–H and O–H groups in total. The number of nitrogens with zero attached hydrogens (tertiary/aromatic N) is 1. The molecular formula is C31H35N2O4S+. The molecule has 4 aromatic rings. The zero-order valence-corrected chi connectivity index (χ0v) is 22.6. The average molecular weight is 532 g/mol. The molecular weight excluding hydrogens is 496 g/mol. The number of anilines is 1. The number of sulfonamides is 1. The van der Waals surface area contributed by atoms with Gasteiger partial charge in [-0.3, -0.25) is 4.31 Å². The van der Waals surface area contributed by atoms with Gasteiger partial charge < -0.3 is 14.7 Å². The molecule has 7 heteroatoms. The van der Waals surface area contributed by atoms with Crippen LogP contribution in [0.4, 0.5) is 5.69 Å². The van der Waals surface area contributed by atoms with Crippen LogP contribution in [0.15, 0.2) is 114 Å². The number of quaternary nitrogens is 1. The van der Waals surface area contributed by atoms with E-state index in [2.05, 4.69) is 24.3 Å². The van der Waals surface area contributed by atoms with Crippen molar-refractivity contribution in [2.75, 3.05) is 24.5 Å². The highest BCUT2D eigenvalue weighted by atomic mass is 32.2. The van der Waals surface area contributed by atoms with Crippen LogP contribution in [-0.4, -0.2) is 39.8 Å². The van der Waals surface area contributed by atoms with E-state index >= 15 is 0 Å². The largest absolute Gasteiger partial charge is 0.495 e. The fourth-order valence-corrected chi connectivity index (χ4v) is 6.08. The Morgan fingerprint density at radius 1 is 0.789 bits per heavy atom. The molecule has 198 valence electrons. The molecule has 6 nitrogen and oxygen atoms in total. The Morgan fingerprint density at radius 2 is 1.32 bits per heavy atom. The Bertz CT molecular complexity index is 1350. The van der Waals surface area contributed by atoms with Crippen LogP contribution in [0.5, 0.6) is 5.75 Å². The number of para-hydroxylation sites is 2. The number of aliphatic hydroxyl groups is 1.